The summed E-state index contributed by atoms with van der Waals surface area (Å²) < 4.78 is 130. The quantitative estimate of drug-likeness (QED) is 0.321. The van der Waals surface area contributed by atoms with Gasteiger partial charge in [0.05, 0.1) is 41.1 Å². The van der Waals surface area contributed by atoms with Crippen molar-refractivity contribution in [3.05, 3.63) is 64.2 Å². The van der Waals surface area contributed by atoms with E-state index in [2.05, 4.69) is 5.32 Å². The average Bonchev–Trinajstić information content (AvgIpc) is 2.85. The number of nitrogens with one attached hydrogen (secondary N) is 1. The van der Waals surface area contributed by atoms with Crippen LogP contribution in [0.4, 0.5) is 54.8 Å². The van der Waals surface area contributed by atoms with Crippen LogP contribution in [0, 0.1) is 5.92 Å². The zero-order valence-electron chi connectivity index (χ0n) is 23.5. The Labute approximate surface area is 246 Å². The van der Waals surface area contributed by atoms with Crippen LogP contribution >= 0.6 is 0 Å². The van der Waals surface area contributed by atoms with Crippen molar-refractivity contribution < 1.29 is 58.6 Å². The summed E-state index contributed by atoms with van der Waals surface area (Å²) in [6.07, 6.45) is -15.4. The van der Waals surface area contributed by atoms with Crippen molar-refractivity contribution >= 4 is 17.9 Å². The fraction of sp³-hybridized carbons (Fsp3) is 0.517. The number of benzene rings is 2. The van der Waals surface area contributed by atoms with Crippen LogP contribution in [0.1, 0.15) is 73.4 Å². The predicted octanol–water partition coefficient (Wildman–Crippen LogP) is 8.68. The van der Waals surface area contributed by atoms with Crippen LogP contribution < -0.4 is 10.2 Å². The van der Waals surface area contributed by atoms with Crippen molar-refractivity contribution in [1.29, 1.82) is 0 Å². The van der Waals surface area contributed by atoms with E-state index in [0.717, 1.165) is 37.5 Å². The number of fused-ring (bicyclic) bond motifs is 1. The van der Waals surface area contributed by atoms with E-state index in [-0.39, 0.29) is 35.2 Å². The Kier molecular flexibility index (Phi) is 9.36. The maximum Gasteiger partial charge on any atom is 0.416 e. The van der Waals surface area contributed by atoms with Crippen LogP contribution in [0.15, 0.2) is 36.4 Å². The molecule has 0 spiro atoms. The maximum absolute atomic E-state index is 13.6. The molecule has 2 aromatic rings. The lowest BCUT2D eigenvalue weighted by atomic mass is 9.74. The molecule has 0 unspecified atom stereocenters. The molecule has 44 heavy (non-hydrogen) atoms. The number of anilines is 1. The van der Waals surface area contributed by atoms with E-state index in [4.69, 9.17) is 9.47 Å². The number of rotatable bonds is 6. The van der Waals surface area contributed by atoms with Gasteiger partial charge in [-0.25, -0.2) is 9.59 Å². The maximum atomic E-state index is 13.6. The van der Waals surface area contributed by atoms with Crippen LogP contribution in [0.5, 0.6) is 0 Å². The zero-order valence-corrected chi connectivity index (χ0v) is 23.5. The van der Waals surface area contributed by atoms with Gasteiger partial charge in [-0.15, -0.1) is 0 Å². The Hall–Kier alpha value is -3.65. The lowest BCUT2D eigenvalue weighted by Gasteiger charge is -2.46. The van der Waals surface area contributed by atoms with E-state index in [0.29, 0.717) is 12.1 Å². The lowest BCUT2D eigenvalue weighted by Crippen LogP contribution is -2.52. The number of hydrogen-bond donors (Lipinski definition) is 1. The molecule has 242 valence electrons. The van der Waals surface area contributed by atoms with Gasteiger partial charge in [0.25, 0.3) is 0 Å². The van der Waals surface area contributed by atoms with Gasteiger partial charge in [-0.2, -0.15) is 39.5 Å². The molecule has 0 saturated heterocycles. The normalized spacial score (nSPS) is 19.3. The number of carbonyl (C=O) groups is 2. The van der Waals surface area contributed by atoms with Gasteiger partial charge in [0, 0.05) is 12.5 Å². The molecule has 1 heterocycles. The first-order chi connectivity index (χ1) is 20.3. The minimum absolute atomic E-state index is 0.0177. The molecular formula is C29H29F9N2O4. The molecule has 4 rings (SSSR count). The van der Waals surface area contributed by atoms with E-state index >= 15 is 0 Å². The number of carbonyl (C=O) groups excluding carboxylic acids is 2. The SMILES string of the molecule is CC(C)OC(=O)N1c2ccc(C(F)(F)F)cc2[C@@H](NC(=O)OCCc2cc(C(F)(F)F)cc(C(F)(F)F)c2)C[C@H]1C1CCC1. The Morgan fingerprint density at radius 1 is 0.886 bits per heavy atom. The number of alkyl halides is 9. The number of ether oxygens (including phenoxy) is 2. The van der Waals surface area contributed by atoms with Crippen LogP contribution in [0.25, 0.3) is 0 Å². The Bertz CT molecular complexity index is 1340. The first-order valence-corrected chi connectivity index (χ1v) is 13.8. The summed E-state index contributed by atoms with van der Waals surface area (Å²) >= 11 is 0. The third-order valence-electron chi connectivity index (χ3n) is 7.59. The molecular weight excluding hydrogens is 611 g/mol. The fourth-order valence-corrected chi connectivity index (χ4v) is 5.35. The number of alkyl carbamates (subject to hydrolysis) is 1. The van der Waals surface area contributed by atoms with Gasteiger partial charge in [-0.3, -0.25) is 4.90 Å². The predicted molar refractivity (Wildman–Crippen MR) is 139 cm³/mol. The molecule has 1 saturated carbocycles. The van der Waals surface area contributed by atoms with Crippen LogP contribution in [0.2, 0.25) is 0 Å². The third-order valence-corrected chi connectivity index (χ3v) is 7.59. The van der Waals surface area contributed by atoms with Gasteiger partial charge in [0.2, 0.25) is 0 Å². The fourth-order valence-electron chi connectivity index (χ4n) is 5.35. The molecule has 2 atom stereocenters. The summed E-state index contributed by atoms with van der Waals surface area (Å²) in [6, 6.07) is 2.18. The molecule has 2 aliphatic rings. The minimum Gasteiger partial charge on any atom is -0.449 e. The number of nitrogens with zero attached hydrogens (tertiary/aromatic N) is 1. The average molecular weight is 641 g/mol. The molecule has 6 nitrogen and oxygen atoms in total. The summed E-state index contributed by atoms with van der Waals surface area (Å²) in [5.41, 5.74) is -4.37. The standard InChI is InChI=1S/C29H29F9N2O4/c1-15(2)44-26(42)40-23-7-6-18(27(30,31)32)13-21(23)22(14-24(40)17-4-3-5-17)39-25(41)43-9-8-16-10-19(28(33,34)35)12-20(11-16)29(36,37)38/h6-7,10-13,15,17,22,24H,3-5,8-9,14H2,1-2H3,(H,39,41)/t22-,24-/m0/s1. The monoisotopic (exact) mass is 640 g/mol. The second-order valence-electron chi connectivity index (χ2n) is 11.1. The van der Waals surface area contributed by atoms with Crippen LogP contribution in [-0.2, 0) is 34.4 Å². The minimum atomic E-state index is -5.05. The number of halogens is 9. The molecule has 2 aromatic carbocycles. The van der Waals surface area contributed by atoms with Gasteiger partial charge < -0.3 is 14.8 Å². The van der Waals surface area contributed by atoms with Crippen molar-refractivity contribution in [2.24, 2.45) is 5.92 Å². The van der Waals surface area contributed by atoms with Gasteiger partial charge in [0.15, 0.2) is 0 Å². The van der Waals surface area contributed by atoms with Crippen molar-refractivity contribution in [2.75, 3.05) is 11.5 Å². The smallest absolute Gasteiger partial charge is 0.416 e. The van der Waals surface area contributed by atoms with Gasteiger partial charge in [-0.1, -0.05) is 6.42 Å². The third kappa shape index (κ3) is 7.70. The van der Waals surface area contributed by atoms with Crippen molar-refractivity contribution in [2.45, 2.75) is 82.7 Å². The van der Waals surface area contributed by atoms with Crippen molar-refractivity contribution in [1.82, 2.24) is 5.32 Å². The molecule has 2 amide bonds. The highest BCUT2D eigenvalue weighted by Crippen LogP contribution is 2.46. The largest absolute Gasteiger partial charge is 0.449 e. The van der Waals surface area contributed by atoms with E-state index in [1.807, 2.05) is 0 Å². The van der Waals surface area contributed by atoms with Crippen LogP contribution in [0.3, 0.4) is 0 Å². The highest BCUT2D eigenvalue weighted by molar-refractivity contribution is 5.91. The highest BCUT2D eigenvalue weighted by atomic mass is 19.4. The molecule has 1 aliphatic carbocycles. The molecule has 1 N–H and O–H groups in total. The molecule has 0 radical (unpaired) electrons. The highest BCUT2D eigenvalue weighted by Gasteiger charge is 2.44. The Morgan fingerprint density at radius 3 is 1.98 bits per heavy atom. The van der Waals surface area contributed by atoms with Crippen molar-refractivity contribution in [3.8, 4) is 0 Å². The van der Waals surface area contributed by atoms with Crippen LogP contribution in [-0.4, -0.2) is 30.9 Å². The first-order valence-electron chi connectivity index (χ1n) is 13.8. The summed E-state index contributed by atoms with van der Waals surface area (Å²) in [6.45, 7) is 2.63. The van der Waals surface area contributed by atoms with Gasteiger partial charge in [-0.05, 0) is 86.6 Å². The Morgan fingerprint density at radius 2 is 1.48 bits per heavy atom. The lowest BCUT2D eigenvalue weighted by molar-refractivity contribution is -0.143. The summed E-state index contributed by atoms with van der Waals surface area (Å²) in [7, 11) is 0. The number of hydrogen-bond acceptors (Lipinski definition) is 4. The summed E-state index contributed by atoms with van der Waals surface area (Å²) in [5, 5.41) is 2.48. The van der Waals surface area contributed by atoms with Crippen molar-refractivity contribution in [3.63, 3.8) is 0 Å². The topological polar surface area (TPSA) is 67.9 Å². The van der Waals surface area contributed by atoms with E-state index in [1.165, 1.54) is 4.90 Å². The molecule has 0 bridgehead atoms. The zero-order chi connectivity index (χ0) is 32.6. The Balaban J connectivity index is 1.56. The summed E-state index contributed by atoms with van der Waals surface area (Å²) in [5.74, 6) is -0.0192. The first kappa shape index (κ1) is 33.2. The van der Waals surface area contributed by atoms with Gasteiger partial charge >= 0.3 is 30.7 Å². The second-order valence-corrected chi connectivity index (χ2v) is 11.1. The summed E-state index contributed by atoms with van der Waals surface area (Å²) in [4.78, 5) is 27.2. The van der Waals surface area contributed by atoms with Gasteiger partial charge in [0.1, 0.15) is 0 Å². The molecule has 1 aliphatic heterocycles. The number of amides is 2. The van der Waals surface area contributed by atoms with E-state index in [9.17, 15) is 49.1 Å². The van der Waals surface area contributed by atoms with E-state index in [1.54, 1.807) is 13.8 Å². The molecule has 0 aromatic heterocycles. The molecule has 15 heteroatoms. The van der Waals surface area contributed by atoms with E-state index < -0.39 is 78.6 Å². The molecule has 1 fully saturated rings. The second kappa shape index (κ2) is 12.4.